The van der Waals surface area contributed by atoms with Gasteiger partial charge in [-0.3, -0.25) is 0 Å². The van der Waals surface area contributed by atoms with Gasteiger partial charge in [0.15, 0.2) is 0 Å². The van der Waals surface area contributed by atoms with Gasteiger partial charge in [0.25, 0.3) is 0 Å². The van der Waals surface area contributed by atoms with E-state index in [2.05, 4.69) is 10.6 Å². The predicted molar refractivity (Wildman–Crippen MR) is 60.2 cm³/mol. The summed E-state index contributed by atoms with van der Waals surface area (Å²) in [6.45, 7) is 1.29. The molecule has 7 heteroatoms. The summed E-state index contributed by atoms with van der Waals surface area (Å²) in [7, 11) is 1.55. The minimum Gasteiger partial charge on any atom is -0.384 e. The van der Waals surface area contributed by atoms with Crippen molar-refractivity contribution in [3.05, 3.63) is 0 Å². The highest BCUT2D eigenvalue weighted by Gasteiger charge is 2.41. The van der Waals surface area contributed by atoms with Crippen molar-refractivity contribution in [2.45, 2.75) is 25.2 Å². The van der Waals surface area contributed by atoms with Gasteiger partial charge in [-0.15, -0.1) is 0 Å². The monoisotopic (exact) mass is 272 g/mol. The number of nitrogens with one attached hydrogen (secondary N) is 2. The lowest BCUT2D eigenvalue weighted by Gasteiger charge is -2.37. The molecule has 0 aromatic rings. The van der Waals surface area contributed by atoms with Crippen molar-refractivity contribution in [1.82, 2.24) is 10.6 Å². The molecule has 0 radical (unpaired) electrons. The first-order valence-corrected chi connectivity index (χ1v) is 5.98. The molecule has 2 N–H and O–H groups in total. The molecular formula is C11H20F4N2O. The topological polar surface area (TPSA) is 33.3 Å². The lowest BCUT2D eigenvalue weighted by Crippen LogP contribution is -2.49. The van der Waals surface area contributed by atoms with Gasteiger partial charge in [-0.2, -0.15) is 8.78 Å². The van der Waals surface area contributed by atoms with E-state index in [1.165, 1.54) is 0 Å². The second-order valence-electron chi connectivity index (χ2n) is 4.85. The quantitative estimate of drug-likeness (QED) is 0.689. The largest absolute Gasteiger partial charge is 0.384 e. The fourth-order valence-electron chi connectivity index (χ4n) is 2.21. The average molecular weight is 272 g/mol. The van der Waals surface area contributed by atoms with E-state index in [1.807, 2.05) is 0 Å². The normalized spacial score (nSPS) is 20.3. The summed E-state index contributed by atoms with van der Waals surface area (Å²) in [4.78, 5) is 0. The second kappa shape index (κ2) is 6.68. The highest BCUT2D eigenvalue weighted by Crippen LogP contribution is 2.29. The van der Waals surface area contributed by atoms with E-state index in [1.54, 1.807) is 7.11 Å². The Morgan fingerprint density at radius 2 is 1.94 bits per heavy atom. The molecule has 0 aliphatic carbocycles. The van der Waals surface area contributed by atoms with Crippen LogP contribution in [0.15, 0.2) is 0 Å². The average Bonchev–Trinajstić information content (AvgIpc) is 2.30. The van der Waals surface area contributed by atoms with E-state index < -0.39 is 18.9 Å². The van der Waals surface area contributed by atoms with Crippen LogP contribution in [0.4, 0.5) is 17.6 Å². The Bertz CT molecular complexity index is 240. The van der Waals surface area contributed by atoms with Crippen LogP contribution in [-0.2, 0) is 4.74 Å². The van der Waals surface area contributed by atoms with Crippen LogP contribution < -0.4 is 10.6 Å². The van der Waals surface area contributed by atoms with Crippen LogP contribution in [-0.4, -0.2) is 52.2 Å². The van der Waals surface area contributed by atoms with Crippen LogP contribution in [0.25, 0.3) is 0 Å². The summed E-state index contributed by atoms with van der Waals surface area (Å²) in [5.74, 6) is -3.97. The van der Waals surface area contributed by atoms with E-state index in [0.717, 1.165) is 25.9 Å². The SMILES string of the molecule is COCC1(CNCC(F)(F)C(F)F)CCNCC1. The Labute approximate surface area is 104 Å². The van der Waals surface area contributed by atoms with Crippen molar-refractivity contribution in [1.29, 1.82) is 0 Å². The highest BCUT2D eigenvalue weighted by atomic mass is 19.3. The lowest BCUT2D eigenvalue weighted by molar-refractivity contribution is -0.126. The van der Waals surface area contributed by atoms with E-state index >= 15 is 0 Å². The van der Waals surface area contributed by atoms with Gasteiger partial charge in [0.05, 0.1) is 13.2 Å². The van der Waals surface area contributed by atoms with Gasteiger partial charge >= 0.3 is 12.3 Å². The highest BCUT2D eigenvalue weighted by molar-refractivity contribution is 4.87. The Kier molecular flexibility index (Phi) is 5.81. The number of alkyl halides is 4. The first-order chi connectivity index (χ1) is 8.42. The fraction of sp³-hybridized carbons (Fsp3) is 1.00. The maximum Gasteiger partial charge on any atom is 0.319 e. The number of hydrogen-bond acceptors (Lipinski definition) is 3. The van der Waals surface area contributed by atoms with Crippen molar-refractivity contribution in [2.75, 3.05) is 39.9 Å². The zero-order valence-corrected chi connectivity index (χ0v) is 10.4. The van der Waals surface area contributed by atoms with Crippen LogP contribution in [0.5, 0.6) is 0 Å². The molecule has 0 spiro atoms. The van der Waals surface area contributed by atoms with Gasteiger partial charge in [-0.25, -0.2) is 8.78 Å². The van der Waals surface area contributed by atoms with Crippen LogP contribution in [0.2, 0.25) is 0 Å². The summed E-state index contributed by atoms with van der Waals surface area (Å²) in [5.41, 5.74) is -0.238. The molecular weight excluding hydrogens is 252 g/mol. The third-order valence-electron chi connectivity index (χ3n) is 3.29. The molecule has 0 amide bonds. The Morgan fingerprint density at radius 1 is 1.33 bits per heavy atom. The third-order valence-corrected chi connectivity index (χ3v) is 3.29. The number of rotatable bonds is 7. The maximum absolute atomic E-state index is 12.8. The summed E-state index contributed by atoms with van der Waals surface area (Å²) in [6.07, 6.45) is -2.06. The first kappa shape index (κ1) is 15.7. The molecule has 1 rings (SSSR count). The summed E-state index contributed by atoms with van der Waals surface area (Å²) in [6, 6.07) is 0. The van der Waals surface area contributed by atoms with Crippen molar-refractivity contribution < 1.29 is 22.3 Å². The van der Waals surface area contributed by atoms with Crippen LogP contribution in [0.1, 0.15) is 12.8 Å². The van der Waals surface area contributed by atoms with Crippen molar-refractivity contribution in [2.24, 2.45) is 5.41 Å². The summed E-state index contributed by atoms with van der Waals surface area (Å²) >= 11 is 0. The van der Waals surface area contributed by atoms with Crippen molar-refractivity contribution in [3.63, 3.8) is 0 Å². The summed E-state index contributed by atoms with van der Waals surface area (Å²) in [5, 5.41) is 5.64. The standard InChI is InChI=1S/C11H20F4N2O/c1-18-8-10(2-4-16-5-3-10)6-17-7-11(14,15)9(12)13/h9,16-17H,2-8H2,1H3. The molecule has 18 heavy (non-hydrogen) atoms. The molecule has 1 aliphatic rings. The molecule has 1 saturated heterocycles. The van der Waals surface area contributed by atoms with Crippen molar-refractivity contribution in [3.8, 4) is 0 Å². The molecule has 0 aromatic carbocycles. The van der Waals surface area contributed by atoms with Gasteiger partial charge in [0.2, 0.25) is 0 Å². The minimum atomic E-state index is -3.97. The Hall–Kier alpha value is -0.400. The molecule has 1 fully saturated rings. The van der Waals surface area contributed by atoms with Gasteiger partial charge < -0.3 is 15.4 Å². The zero-order valence-electron chi connectivity index (χ0n) is 10.4. The smallest absolute Gasteiger partial charge is 0.319 e. The third kappa shape index (κ3) is 4.37. The van der Waals surface area contributed by atoms with E-state index in [-0.39, 0.29) is 12.0 Å². The number of ether oxygens (including phenoxy) is 1. The van der Waals surface area contributed by atoms with E-state index in [0.29, 0.717) is 6.61 Å². The van der Waals surface area contributed by atoms with Gasteiger partial charge in [-0.05, 0) is 25.9 Å². The van der Waals surface area contributed by atoms with Crippen LogP contribution in [0.3, 0.4) is 0 Å². The second-order valence-corrected chi connectivity index (χ2v) is 4.85. The van der Waals surface area contributed by atoms with Gasteiger partial charge in [0, 0.05) is 19.1 Å². The van der Waals surface area contributed by atoms with Gasteiger partial charge in [-0.1, -0.05) is 0 Å². The molecule has 0 saturated carbocycles. The molecule has 3 nitrogen and oxygen atoms in total. The lowest BCUT2D eigenvalue weighted by atomic mass is 9.79. The van der Waals surface area contributed by atoms with Crippen molar-refractivity contribution >= 4 is 0 Å². The Balaban J connectivity index is 2.43. The number of hydrogen-bond donors (Lipinski definition) is 2. The molecule has 0 bridgehead atoms. The molecule has 0 unspecified atom stereocenters. The van der Waals surface area contributed by atoms with Gasteiger partial charge in [0.1, 0.15) is 0 Å². The zero-order chi connectivity index (χ0) is 13.6. The van der Waals surface area contributed by atoms with E-state index in [4.69, 9.17) is 4.74 Å². The first-order valence-electron chi connectivity index (χ1n) is 5.98. The Morgan fingerprint density at radius 3 is 2.44 bits per heavy atom. The number of piperidine rings is 1. The number of halogens is 4. The van der Waals surface area contributed by atoms with Crippen LogP contribution >= 0.6 is 0 Å². The molecule has 0 atom stereocenters. The molecule has 1 heterocycles. The molecule has 0 aromatic heterocycles. The minimum absolute atomic E-state index is 0.238. The predicted octanol–water partition coefficient (Wildman–Crippen LogP) is 1.49. The maximum atomic E-state index is 12.8. The number of methoxy groups -OCH3 is 1. The summed E-state index contributed by atoms with van der Waals surface area (Å²) < 4.78 is 54.6. The molecule has 1 aliphatic heterocycles. The fourth-order valence-corrected chi connectivity index (χ4v) is 2.21. The van der Waals surface area contributed by atoms with Crippen LogP contribution in [0, 0.1) is 5.41 Å². The van der Waals surface area contributed by atoms with E-state index in [9.17, 15) is 17.6 Å². The molecule has 108 valence electrons.